The molecule has 43 heavy (non-hydrogen) atoms. The molecule has 2 aliphatic carbocycles. The number of hydrogen-bond acceptors (Lipinski definition) is 1. The van der Waals surface area contributed by atoms with Gasteiger partial charge >= 0.3 is 0 Å². The molecule has 2 aromatic rings. The number of hydrogen-bond donors (Lipinski definition) is 0. The van der Waals surface area contributed by atoms with Gasteiger partial charge in [0.2, 0.25) is 0 Å². The molecule has 2 aromatic carbocycles. The first kappa shape index (κ1) is 30.2. The maximum atomic E-state index is 2.79. The molecular weight excluding hydrogens is 520 g/mol. The summed E-state index contributed by atoms with van der Waals surface area (Å²) in [6.45, 7) is 17.0. The highest BCUT2D eigenvalue weighted by Gasteiger charge is 2.56. The number of fused-ring (bicyclic) bond motifs is 6. The predicted molar refractivity (Wildman–Crippen MR) is 183 cm³/mol. The number of rotatable bonds is 9. The average molecular weight is 576 g/mol. The molecule has 0 radical (unpaired) electrons. The standard InChI is InChI=1S/C41H55N2/c1-7-9-28-42-34-26-24-30-18-14-16-20-32(30)38(34)40(3,4)36(42)22-12-11-13-23-37-41(5,6)39-33-21-17-15-19-31(33)25-27-35(39)43(37)29-10-8-2/h11-23,34-35,38-39H,7-10,24-29H2,1-6H3/q+1/t34-,35-,38+,39+/m1/s1. The van der Waals surface area contributed by atoms with Gasteiger partial charge in [-0.3, -0.25) is 0 Å². The van der Waals surface area contributed by atoms with E-state index in [0.717, 1.165) is 0 Å². The maximum absolute atomic E-state index is 2.79. The molecule has 0 amide bonds. The minimum absolute atomic E-state index is 0.116. The molecule has 0 aromatic heterocycles. The summed E-state index contributed by atoms with van der Waals surface area (Å²) in [7, 11) is 0. The fourth-order valence-corrected chi connectivity index (χ4v) is 9.52. The van der Waals surface area contributed by atoms with Crippen LogP contribution in [0.2, 0.25) is 0 Å². The molecule has 2 aliphatic heterocycles. The van der Waals surface area contributed by atoms with Gasteiger partial charge in [-0.15, -0.1) is 0 Å². The molecular formula is C41H55N2+. The smallest absolute Gasteiger partial charge is 0.182 e. The Bertz CT molecular complexity index is 1430. The summed E-state index contributed by atoms with van der Waals surface area (Å²) in [6, 6.07) is 19.7. The SMILES string of the molecule is CCCCN1/C(=C/C=C/C=C/C2=[N+](CCCC)[C@@H]3CCc4ccccc4[C@@H]3C2(C)C)C(C)(C)[C@H]2c3ccccc3CC[C@H]21. The van der Waals surface area contributed by atoms with Crippen molar-refractivity contribution < 1.29 is 4.58 Å². The average Bonchev–Trinajstić information content (AvgIpc) is 3.37. The summed E-state index contributed by atoms with van der Waals surface area (Å²) in [5.41, 5.74) is 9.60. The first-order valence-corrected chi connectivity index (χ1v) is 17.4. The highest BCUT2D eigenvalue weighted by atomic mass is 15.2. The monoisotopic (exact) mass is 575 g/mol. The van der Waals surface area contributed by atoms with Crippen molar-refractivity contribution >= 4 is 5.71 Å². The molecule has 0 N–H and O–H groups in total. The molecule has 1 saturated heterocycles. The third kappa shape index (κ3) is 5.27. The van der Waals surface area contributed by atoms with Gasteiger partial charge in [-0.25, -0.2) is 4.58 Å². The van der Waals surface area contributed by atoms with Crippen LogP contribution in [0, 0.1) is 10.8 Å². The van der Waals surface area contributed by atoms with Gasteiger partial charge in [-0.2, -0.15) is 0 Å². The van der Waals surface area contributed by atoms with E-state index in [1.807, 2.05) is 0 Å². The van der Waals surface area contributed by atoms with Gasteiger partial charge in [0.1, 0.15) is 6.54 Å². The zero-order valence-corrected chi connectivity index (χ0v) is 27.8. The Morgan fingerprint density at radius 3 is 2.12 bits per heavy atom. The fourth-order valence-electron chi connectivity index (χ4n) is 9.52. The van der Waals surface area contributed by atoms with Crippen LogP contribution >= 0.6 is 0 Å². The summed E-state index contributed by atoms with van der Waals surface area (Å²) in [5, 5.41) is 0. The lowest BCUT2D eigenvalue weighted by atomic mass is 9.66. The fraction of sp³-hybridized carbons (Fsp3) is 0.537. The van der Waals surface area contributed by atoms with E-state index in [1.165, 1.54) is 75.9 Å². The first-order valence-electron chi connectivity index (χ1n) is 17.4. The van der Waals surface area contributed by atoms with Crippen molar-refractivity contribution in [2.45, 2.75) is 117 Å². The molecule has 0 unspecified atom stereocenters. The van der Waals surface area contributed by atoms with Crippen molar-refractivity contribution in [2.24, 2.45) is 10.8 Å². The van der Waals surface area contributed by atoms with Crippen molar-refractivity contribution in [1.82, 2.24) is 4.90 Å². The van der Waals surface area contributed by atoms with Crippen LogP contribution in [0.5, 0.6) is 0 Å². The molecule has 2 nitrogen and oxygen atoms in total. The van der Waals surface area contributed by atoms with Gasteiger partial charge in [0, 0.05) is 48.5 Å². The van der Waals surface area contributed by atoms with E-state index in [2.05, 4.69) is 130 Å². The van der Waals surface area contributed by atoms with Crippen LogP contribution in [0.1, 0.15) is 114 Å². The van der Waals surface area contributed by atoms with E-state index in [0.29, 0.717) is 23.9 Å². The van der Waals surface area contributed by atoms with Crippen LogP contribution in [0.25, 0.3) is 0 Å². The van der Waals surface area contributed by atoms with Gasteiger partial charge < -0.3 is 4.90 Å². The van der Waals surface area contributed by atoms with Crippen molar-refractivity contribution in [2.75, 3.05) is 13.1 Å². The zero-order valence-electron chi connectivity index (χ0n) is 27.8. The quantitative estimate of drug-likeness (QED) is 0.213. The summed E-state index contributed by atoms with van der Waals surface area (Å²) < 4.78 is 2.79. The molecule has 228 valence electrons. The molecule has 2 heterocycles. The third-order valence-corrected chi connectivity index (χ3v) is 11.5. The second-order valence-corrected chi connectivity index (χ2v) is 14.8. The normalized spacial score (nSPS) is 28.0. The summed E-state index contributed by atoms with van der Waals surface area (Å²) in [5.74, 6) is 1.13. The lowest BCUT2D eigenvalue weighted by Gasteiger charge is -2.36. The lowest BCUT2D eigenvalue weighted by molar-refractivity contribution is -0.562. The van der Waals surface area contributed by atoms with Gasteiger partial charge in [-0.05, 0) is 67.9 Å². The number of unbranched alkanes of at least 4 members (excludes halogenated alkanes) is 2. The van der Waals surface area contributed by atoms with Crippen LogP contribution < -0.4 is 0 Å². The largest absolute Gasteiger partial charge is 0.371 e. The van der Waals surface area contributed by atoms with Crippen LogP contribution in [-0.4, -0.2) is 40.4 Å². The van der Waals surface area contributed by atoms with E-state index < -0.39 is 0 Å². The Kier molecular flexibility index (Phi) is 8.60. The topological polar surface area (TPSA) is 6.25 Å². The molecule has 0 saturated carbocycles. The molecule has 1 fully saturated rings. The lowest BCUT2D eigenvalue weighted by Crippen LogP contribution is -2.35. The first-order chi connectivity index (χ1) is 20.8. The molecule has 2 heteroatoms. The molecule has 0 bridgehead atoms. The summed E-state index contributed by atoms with van der Waals surface area (Å²) in [4.78, 5) is 2.79. The number of allylic oxidation sites excluding steroid dienone is 6. The predicted octanol–water partition coefficient (Wildman–Crippen LogP) is 9.62. The van der Waals surface area contributed by atoms with Crippen molar-refractivity contribution in [3.8, 4) is 0 Å². The number of aryl methyl sites for hydroxylation is 2. The van der Waals surface area contributed by atoms with Crippen LogP contribution in [0.15, 0.2) is 84.6 Å². The minimum Gasteiger partial charge on any atom is -0.371 e. The van der Waals surface area contributed by atoms with Gasteiger partial charge in [0.15, 0.2) is 11.8 Å². The molecule has 0 spiro atoms. The summed E-state index contributed by atoms with van der Waals surface area (Å²) in [6.07, 6.45) is 21.8. The number of benzene rings is 2. The second-order valence-electron chi connectivity index (χ2n) is 14.8. The van der Waals surface area contributed by atoms with E-state index in [9.17, 15) is 0 Å². The van der Waals surface area contributed by atoms with Gasteiger partial charge in [-0.1, -0.05) is 107 Å². The highest BCUT2D eigenvalue weighted by molar-refractivity contribution is 5.97. The molecule has 4 atom stereocenters. The van der Waals surface area contributed by atoms with Crippen molar-refractivity contribution in [3.63, 3.8) is 0 Å². The number of nitrogens with zero attached hydrogens (tertiary/aromatic N) is 2. The van der Waals surface area contributed by atoms with E-state index >= 15 is 0 Å². The minimum atomic E-state index is 0.116. The molecule has 6 rings (SSSR count). The van der Waals surface area contributed by atoms with Crippen LogP contribution in [0.3, 0.4) is 0 Å². The van der Waals surface area contributed by atoms with Crippen molar-refractivity contribution in [3.05, 3.63) is 107 Å². The zero-order chi connectivity index (χ0) is 30.2. The Morgan fingerprint density at radius 2 is 1.42 bits per heavy atom. The van der Waals surface area contributed by atoms with Crippen LogP contribution in [-0.2, 0) is 12.8 Å². The molecule has 4 aliphatic rings. The van der Waals surface area contributed by atoms with E-state index in [4.69, 9.17) is 0 Å². The Morgan fingerprint density at radius 1 is 0.767 bits per heavy atom. The Balaban J connectivity index is 1.29. The van der Waals surface area contributed by atoms with Gasteiger partial charge in [0.25, 0.3) is 0 Å². The number of likely N-dealkylation sites (tertiary alicyclic amines) is 1. The Hall–Kier alpha value is -2.87. The van der Waals surface area contributed by atoms with Crippen LogP contribution in [0.4, 0.5) is 0 Å². The third-order valence-electron chi connectivity index (χ3n) is 11.5. The summed E-state index contributed by atoms with van der Waals surface area (Å²) >= 11 is 0. The Labute approximate surface area is 262 Å². The maximum Gasteiger partial charge on any atom is 0.182 e. The second kappa shape index (κ2) is 12.3. The highest BCUT2D eigenvalue weighted by Crippen LogP contribution is 2.57. The van der Waals surface area contributed by atoms with Gasteiger partial charge in [0.05, 0.1) is 11.3 Å². The van der Waals surface area contributed by atoms with E-state index in [-0.39, 0.29) is 10.8 Å². The van der Waals surface area contributed by atoms with E-state index in [1.54, 1.807) is 22.3 Å². The van der Waals surface area contributed by atoms with Crippen molar-refractivity contribution in [1.29, 1.82) is 0 Å².